The number of nitrogens with zero attached hydrogens (tertiary/aromatic N) is 2. The molecule has 0 atom stereocenters. The van der Waals surface area contributed by atoms with Crippen molar-refractivity contribution in [2.45, 2.75) is 46.0 Å². The fourth-order valence-corrected chi connectivity index (χ4v) is 3.05. The van der Waals surface area contributed by atoms with E-state index in [-0.39, 0.29) is 11.3 Å². The van der Waals surface area contributed by atoms with Gasteiger partial charge in [0.1, 0.15) is 11.6 Å². The van der Waals surface area contributed by atoms with Crippen molar-refractivity contribution in [3.8, 4) is 22.9 Å². The summed E-state index contributed by atoms with van der Waals surface area (Å²) in [7, 11) is 0. The first-order valence-corrected chi connectivity index (χ1v) is 10.7. The standard InChI is InChI=1S/C25H27FN2O3/c1-3-5-6-7-18-8-10-19(11-9-18)24-27-16-21(17-28-24)31-25(29)22-13-12-20(15-23(22)26)30-14-4-2/h8-13,15-17H,3-7,14H2,1-2H3. The van der Waals surface area contributed by atoms with E-state index in [0.29, 0.717) is 18.2 Å². The number of hydrogen-bond donors (Lipinski definition) is 0. The van der Waals surface area contributed by atoms with Crippen molar-refractivity contribution < 1.29 is 18.7 Å². The molecule has 0 aliphatic heterocycles. The second kappa shape index (κ2) is 11.2. The van der Waals surface area contributed by atoms with Crippen LogP contribution < -0.4 is 9.47 Å². The van der Waals surface area contributed by atoms with Gasteiger partial charge in [0.15, 0.2) is 11.6 Å². The SMILES string of the molecule is CCCCCc1ccc(-c2ncc(OC(=O)c3ccc(OCCC)cc3F)cn2)cc1. The van der Waals surface area contributed by atoms with Gasteiger partial charge in [0.25, 0.3) is 0 Å². The molecule has 0 N–H and O–H groups in total. The first-order valence-electron chi connectivity index (χ1n) is 10.7. The summed E-state index contributed by atoms with van der Waals surface area (Å²) in [5.41, 5.74) is 1.99. The Morgan fingerprint density at radius 1 is 0.935 bits per heavy atom. The zero-order chi connectivity index (χ0) is 22.1. The van der Waals surface area contributed by atoms with Crippen LogP contribution in [0.3, 0.4) is 0 Å². The van der Waals surface area contributed by atoms with Crippen molar-refractivity contribution in [2.24, 2.45) is 0 Å². The van der Waals surface area contributed by atoms with E-state index >= 15 is 0 Å². The van der Waals surface area contributed by atoms with Crippen LogP contribution in [0.2, 0.25) is 0 Å². The summed E-state index contributed by atoms with van der Waals surface area (Å²) < 4.78 is 24.8. The summed E-state index contributed by atoms with van der Waals surface area (Å²) in [6.45, 7) is 4.63. The number of ether oxygens (including phenoxy) is 2. The molecule has 0 fully saturated rings. The van der Waals surface area contributed by atoms with Crippen LogP contribution in [-0.2, 0) is 6.42 Å². The number of unbranched alkanes of at least 4 members (excludes halogenated alkanes) is 2. The van der Waals surface area contributed by atoms with Crippen molar-refractivity contribution in [3.63, 3.8) is 0 Å². The lowest BCUT2D eigenvalue weighted by molar-refractivity contribution is 0.0728. The van der Waals surface area contributed by atoms with Gasteiger partial charge in [-0.2, -0.15) is 0 Å². The molecule has 0 spiro atoms. The molecule has 2 aromatic carbocycles. The van der Waals surface area contributed by atoms with Crippen LogP contribution in [0.1, 0.15) is 55.5 Å². The highest BCUT2D eigenvalue weighted by atomic mass is 19.1. The van der Waals surface area contributed by atoms with Crippen LogP contribution in [-0.4, -0.2) is 22.5 Å². The molecule has 0 radical (unpaired) electrons. The van der Waals surface area contributed by atoms with Gasteiger partial charge in [-0.15, -0.1) is 0 Å². The van der Waals surface area contributed by atoms with E-state index in [1.165, 1.54) is 49.4 Å². The lowest BCUT2D eigenvalue weighted by Gasteiger charge is -2.08. The van der Waals surface area contributed by atoms with E-state index in [1.807, 2.05) is 19.1 Å². The molecule has 1 aromatic heterocycles. The zero-order valence-corrected chi connectivity index (χ0v) is 17.9. The van der Waals surface area contributed by atoms with Crippen molar-refractivity contribution in [1.82, 2.24) is 9.97 Å². The molecule has 0 saturated heterocycles. The monoisotopic (exact) mass is 422 g/mol. The predicted octanol–water partition coefficient (Wildman–Crippen LogP) is 6.02. The maximum atomic E-state index is 14.2. The fraction of sp³-hybridized carbons (Fsp3) is 0.320. The number of rotatable bonds is 10. The van der Waals surface area contributed by atoms with Crippen LogP contribution in [0.25, 0.3) is 11.4 Å². The van der Waals surface area contributed by atoms with Crippen LogP contribution in [0, 0.1) is 5.82 Å². The summed E-state index contributed by atoms with van der Waals surface area (Å²) in [5, 5.41) is 0. The van der Waals surface area contributed by atoms with Crippen molar-refractivity contribution >= 4 is 5.97 Å². The second-order valence-corrected chi connectivity index (χ2v) is 7.28. The highest BCUT2D eigenvalue weighted by Gasteiger charge is 2.16. The van der Waals surface area contributed by atoms with Crippen molar-refractivity contribution in [1.29, 1.82) is 0 Å². The average molecular weight is 423 g/mol. The van der Waals surface area contributed by atoms with E-state index in [0.717, 1.165) is 18.4 Å². The second-order valence-electron chi connectivity index (χ2n) is 7.28. The van der Waals surface area contributed by atoms with Gasteiger partial charge >= 0.3 is 5.97 Å². The summed E-state index contributed by atoms with van der Waals surface area (Å²) in [6.07, 6.45) is 8.30. The van der Waals surface area contributed by atoms with Crippen LogP contribution in [0.5, 0.6) is 11.5 Å². The Kier molecular flexibility index (Phi) is 8.10. The smallest absolute Gasteiger partial charge is 0.346 e. The number of aryl methyl sites for hydroxylation is 1. The summed E-state index contributed by atoms with van der Waals surface area (Å²) in [6, 6.07) is 12.2. The minimum absolute atomic E-state index is 0.149. The molecule has 3 aromatic rings. The Balaban J connectivity index is 1.62. The Hall–Kier alpha value is -3.28. The average Bonchev–Trinajstić information content (AvgIpc) is 2.79. The third-order valence-electron chi connectivity index (χ3n) is 4.75. The molecule has 0 aliphatic carbocycles. The number of halogens is 1. The first kappa shape index (κ1) is 22.4. The molecule has 0 bridgehead atoms. The summed E-state index contributed by atoms with van der Waals surface area (Å²) in [5.74, 6) is -0.457. The quantitative estimate of drug-likeness (QED) is 0.295. The van der Waals surface area contributed by atoms with E-state index in [9.17, 15) is 9.18 Å². The highest BCUT2D eigenvalue weighted by molar-refractivity contribution is 5.91. The van der Waals surface area contributed by atoms with Gasteiger partial charge in [-0.25, -0.2) is 19.2 Å². The Bertz CT molecular complexity index is 989. The molecule has 31 heavy (non-hydrogen) atoms. The third kappa shape index (κ3) is 6.35. The minimum Gasteiger partial charge on any atom is -0.494 e. The molecule has 0 amide bonds. The number of esters is 1. The number of carbonyl (C=O) groups excluding carboxylic acids is 1. The Morgan fingerprint density at radius 2 is 1.68 bits per heavy atom. The molecular weight excluding hydrogens is 395 g/mol. The largest absolute Gasteiger partial charge is 0.494 e. The van der Waals surface area contributed by atoms with E-state index < -0.39 is 11.8 Å². The fourth-order valence-electron chi connectivity index (χ4n) is 3.05. The lowest BCUT2D eigenvalue weighted by atomic mass is 10.1. The van der Waals surface area contributed by atoms with Crippen molar-refractivity contribution in [3.05, 3.63) is 71.8 Å². The summed E-state index contributed by atoms with van der Waals surface area (Å²) >= 11 is 0. The zero-order valence-electron chi connectivity index (χ0n) is 17.9. The molecule has 0 unspecified atom stereocenters. The number of hydrogen-bond acceptors (Lipinski definition) is 5. The van der Waals surface area contributed by atoms with Gasteiger partial charge < -0.3 is 9.47 Å². The molecule has 6 heteroatoms. The van der Waals surface area contributed by atoms with Gasteiger partial charge in [-0.3, -0.25) is 0 Å². The van der Waals surface area contributed by atoms with Crippen LogP contribution in [0.15, 0.2) is 54.9 Å². The van der Waals surface area contributed by atoms with Crippen LogP contribution in [0.4, 0.5) is 4.39 Å². The topological polar surface area (TPSA) is 61.3 Å². The van der Waals surface area contributed by atoms with Gasteiger partial charge in [0, 0.05) is 11.6 Å². The number of aromatic nitrogens is 2. The molecule has 5 nitrogen and oxygen atoms in total. The molecule has 162 valence electrons. The predicted molar refractivity (Wildman–Crippen MR) is 118 cm³/mol. The minimum atomic E-state index is -0.813. The molecule has 0 saturated carbocycles. The van der Waals surface area contributed by atoms with Crippen LogP contribution >= 0.6 is 0 Å². The maximum absolute atomic E-state index is 14.2. The highest BCUT2D eigenvalue weighted by Crippen LogP contribution is 2.21. The van der Waals surface area contributed by atoms with Gasteiger partial charge in [0.2, 0.25) is 0 Å². The van der Waals surface area contributed by atoms with E-state index in [4.69, 9.17) is 9.47 Å². The Labute approximate surface area is 182 Å². The maximum Gasteiger partial charge on any atom is 0.346 e. The Morgan fingerprint density at radius 3 is 2.32 bits per heavy atom. The van der Waals surface area contributed by atoms with Gasteiger partial charge in [-0.1, -0.05) is 51.0 Å². The van der Waals surface area contributed by atoms with E-state index in [1.54, 1.807) is 6.07 Å². The first-order chi connectivity index (χ1) is 15.1. The van der Waals surface area contributed by atoms with E-state index in [2.05, 4.69) is 29.0 Å². The molecule has 0 aliphatic rings. The number of benzene rings is 2. The summed E-state index contributed by atoms with van der Waals surface area (Å²) in [4.78, 5) is 20.8. The van der Waals surface area contributed by atoms with Crippen molar-refractivity contribution in [2.75, 3.05) is 6.61 Å². The molecule has 1 heterocycles. The molecular formula is C25H27FN2O3. The normalized spacial score (nSPS) is 10.7. The number of carbonyl (C=O) groups is 1. The lowest BCUT2D eigenvalue weighted by Crippen LogP contribution is -2.11. The third-order valence-corrected chi connectivity index (χ3v) is 4.75. The molecule has 3 rings (SSSR count). The van der Waals surface area contributed by atoms with Gasteiger partial charge in [-0.05, 0) is 37.0 Å². The van der Waals surface area contributed by atoms with Gasteiger partial charge in [0.05, 0.1) is 24.6 Å².